The molecule has 1 aliphatic rings. The number of esters is 1. The fraction of sp³-hybridized carbons (Fsp3) is 0.400. The smallest absolute Gasteiger partial charge is 0.465 e. The normalized spacial score (nSPS) is 25.8. The molecule has 1 unspecified atom stereocenters. The van der Waals surface area contributed by atoms with Gasteiger partial charge in [0.1, 0.15) is 5.82 Å². The molecule has 0 heterocycles. The van der Waals surface area contributed by atoms with Gasteiger partial charge in [-0.2, -0.15) is 11.8 Å². The van der Waals surface area contributed by atoms with E-state index in [0.717, 1.165) is 12.8 Å². The van der Waals surface area contributed by atoms with Gasteiger partial charge in [-0.15, -0.1) is 0 Å². The van der Waals surface area contributed by atoms with Gasteiger partial charge in [0, 0.05) is 0 Å². The molecule has 2 nitrogen and oxygen atoms in total. The van der Waals surface area contributed by atoms with E-state index < -0.39 is 11.8 Å². The molecule has 3 atom stereocenters. The van der Waals surface area contributed by atoms with Gasteiger partial charge < -0.3 is 18.6 Å². The minimum Gasteiger partial charge on any atom is -0.465 e. The molecule has 1 aromatic carbocycles. The van der Waals surface area contributed by atoms with E-state index in [0.29, 0.717) is 5.56 Å². The van der Waals surface area contributed by atoms with E-state index in [9.17, 15) is 9.18 Å². The summed E-state index contributed by atoms with van der Waals surface area (Å²) in [6, 6.07) is 4.84. The first-order valence-corrected chi connectivity index (χ1v) is 6.09. The average molecular weight is 432 g/mol. The molecule has 1 fully saturated rings. The van der Waals surface area contributed by atoms with Gasteiger partial charge in [0.25, 0.3) is 0 Å². The van der Waals surface area contributed by atoms with Crippen molar-refractivity contribution in [2.45, 2.75) is 18.8 Å². The summed E-state index contributed by atoms with van der Waals surface area (Å²) in [6.07, 6.45) is 1.89. The van der Waals surface area contributed by atoms with Gasteiger partial charge in [-0.1, -0.05) is 30.9 Å². The summed E-state index contributed by atoms with van der Waals surface area (Å²) in [6.45, 7) is 8.12. The average Bonchev–Trinajstić information content (AvgIpc) is 2.69. The van der Waals surface area contributed by atoms with Gasteiger partial charge in [0.05, 0.1) is 12.7 Å². The van der Waals surface area contributed by atoms with Crippen LogP contribution in [0.4, 0.5) is 4.39 Å². The van der Waals surface area contributed by atoms with E-state index in [4.69, 9.17) is 0 Å². The van der Waals surface area contributed by atoms with E-state index in [1.807, 2.05) is 0 Å². The van der Waals surface area contributed by atoms with Crippen molar-refractivity contribution in [1.29, 1.82) is 0 Å². The van der Waals surface area contributed by atoms with Gasteiger partial charge in [0.2, 0.25) is 0 Å². The Labute approximate surface area is 128 Å². The van der Waals surface area contributed by atoms with Crippen molar-refractivity contribution in [2.24, 2.45) is 11.8 Å². The number of halogens is 1. The van der Waals surface area contributed by atoms with E-state index >= 15 is 0 Å². The van der Waals surface area contributed by atoms with Crippen molar-refractivity contribution in [3.63, 3.8) is 0 Å². The van der Waals surface area contributed by atoms with Crippen LogP contribution in [0.25, 0.3) is 0 Å². The Kier molecular flexibility index (Phi) is 5.73. The third kappa shape index (κ3) is 3.08. The minimum atomic E-state index is -0.645. The zero-order valence-electron chi connectivity index (χ0n) is 10.9. The maximum Gasteiger partial charge on any atom is 2.00 e. The fourth-order valence-corrected chi connectivity index (χ4v) is 2.75. The molecule has 19 heavy (non-hydrogen) atoms. The molecular formula is C15H17FO2W. The van der Waals surface area contributed by atoms with Crippen molar-refractivity contribution in [3.05, 3.63) is 49.0 Å². The molecule has 4 heteroatoms. The van der Waals surface area contributed by atoms with Crippen molar-refractivity contribution >= 4 is 5.97 Å². The summed E-state index contributed by atoms with van der Waals surface area (Å²) in [7, 11) is 1.25. The van der Waals surface area contributed by atoms with Gasteiger partial charge in [-0.25, -0.2) is 9.18 Å². The SMILES string of the molecule is [CH2-][C@@H]1CC[C@H]([CH2-])C1c1cccc(C(=O)OC)c1F.[W+2]. The molecule has 1 aromatic rings. The second kappa shape index (κ2) is 6.65. The predicted octanol–water partition coefficient (Wildman–Crippen LogP) is 3.39. The van der Waals surface area contributed by atoms with E-state index in [1.54, 1.807) is 12.1 Å². The maximum atomic E-state index is 14.4. The van der Waals surface area contributed by atoms with Crippen molar-refractivity contribution < 1.29 is 35.0 Å². The van der Waals surface area contributed by atoms with Crippen molar-refractivity contribution in [2.75, 3.05) is 7.11 Å². The van der Waals surface area contributed by atoms with Gasteiger partial charge >= 0.3 is 27.0 Å². The van der Waals surface area contributed by atoms with Crippen LogP contribution < -0.4 is 0 Å². The number of methoxy groups -OCH3 is 1. The monoisotopic (exact) mass is 432 g/mol. The molecule has 0 spiro atoms. The predicted molar refractivity (Wildman–Crippen MR) is 67.4 cm³/mol. The fourth-order valence-electron chi connectivity index (χ4n) is 2.75. The molecular weight excluding hydrogens is 415 g/mol. The van der Waals surface area contributed by atoms with Crippen molar-refractivity contribution in [3.8, 4) is 0 Å². The number of benzene rings is 1. The molecule has 102 valence electrons. The first-order chi connectivity index (χ1) is 8.56. The van der Waals surface area contributed by atoms with Crippen LogP contribution >= 0.6 is 0 Å². The second-order valence-corrected chi connectivity index (χ2v) is 4.82. The zero-order chi connectivity index (χ0) is 13.3. The quantitative estimate of drug-likeness (QED) is 0.530. The molecule has 1 saturated carbocycles. The molecule has 0 radical (unpaired) electrons. The Bertz CT molecular complexity index is 451. The van der Waals surface area contributed by atoms with Gasteiger partial charge in [-0.3, -0.25) is 0 Å². The van der Waals surface area contributed by atoms with Crippen LogP contribution in [0.1, 0.15) is 34.7 Å². The summed E-state index contributed by atoms with van der Waals surface area (Å²) >= 11 is 0. The molecule has 1 aliphatic carbocycles. The second-order valence-electron chi connectivity index (χ2n) is 4.82. The van der Waals surface area contributed by atoms with Crippen LogP contribution in [0.2, 0.25) is 0 Å². The Morgan fingerprint density at radius 1 is 1.32 bits per heavy atom. The van der Waals surface area contributed by atoms with E-state index in [-0.39, 0.29) is 44.4 Å². The first-order valence-electron chi connectivity index (χ1n) is 6.09. The maximum absolute atomic E-state index is 14.4. The van der Waals surface area contributed by atoms with Crippen molar-refractivity contribution in [1.82, 2.24) is 0 Å². The third-order valence-corrected chi connectivity index (χ3v) is 3.72. The summed E-state index contributed by atoms with van der Waals surface area (Å²) in [5.74, 6) is -0.855. The van der Waals surface area contributed by atoms with Crippen LogP contribution in [0, 0.1) is 31.5 Å². The Hall–Kier alpha value is -0.692. The molecule has 0 aromatic heterocycles. The largest absolute Gasteiger partial charge is 2.00 e. The first kappa shape index (κ1) is 16.4. The third-order valence-electron chi connectivity index (χ3n) is 3.72. The molecule has 2 rings (SSSR count). The summed E-state index contributed by atoms with van der Waals surface area (Å²) in [5, 5.41) is 0. The standard InChI is InChI=1S/C15H17FO2.W/c1-9-7-8-10(2)13(9)11-5-4-6-12(14(11)16)15(17)18-3;/h4-6,9-10,13H,1-2,7-8H2,3H3;/q-2;+2/t9-,10+,13?;. The summed E-state index contributed by atoms with van der Waals surface area (Å²) in [5.41, 5.74) is 0.525. The summed E-state index contributed by atoms with van der Waals surface area (Å²) < 4.78 is 18.9. The minimum absolute atomic E-state index is 0. The van der Waals surface area contributed by atoms with Crippen LogP contribution in [0.5, 0.6) is 0 Å². The number of ether oxygens (including phenoxy) is 1. The number of carbonyl (C=O) groups excluding carboxylic acids is 1. The van der Waals surface area contributed by atoms with E-state index in [2.05, 4.69) is 18.6 Å². The van der Waals surface area contributed by atoms with E-state index in [1.165, 1.54) is 13.2 Å². The molecule has 0 aliphatic heterocycles. The zero-order valence-corrected chi connectivity index (χ0v) is 13.8. The molecule has 0 amide bonds. The molecule has 0 bridgehead atoms. The van der Waals surface area contributed by atoms with Gasteiger partial charge in [-0.05, 0) is 11.6 Å². The number of carbonyl (C=O) groups is 1. The van der Waals surface area contributed by atoms with Crippen LogP contribution in [-0.4, -0.2) is 13.1 Å². The van der Waals surface area contributed by atoms with Crippen LogP contribution in [-0.2, 0) is 25.8 Å². The number of hydrogen-bond acceptors (Lipinski definition) is 2. The topological polar surface area (TPSA) is 26.3 Å². The molecule has 0 N–H and O–H groups in total. The Morgan fingerprint density at radius 2 is 1.89 bits per heavy atom. The number of rotatable bonds is 2. The molecule has 0 saturated heterocycles. The van der Waals surface area contributed by atoms with Gasteiger partial charge in [0.15, 0.2) is 0 Å². The van der Waals surface area contributed by atoms with Crippen LogP contribution in [0.3, 0.4) is 0 Å². The van der Waals surface area contributed by atoms with Crippen LogP contribution in [0.15, 0.2) is 18.2 Å². The summed E-state index contributed by atoms with van der Waals surface area (Å²) in [4.78, 5) is 11.5. The Balaban J connectivity index is 0.00000180. The number of hydrogen-bond donors (Lipinski definition) is 0. The Morgan fingerprint density at radius 3 is 2.42 bits per heavy atom.